The predicted octanol–water partition coefficient (Wildman–Crippen LogP) is 2.52. The first kappa shape index (κ1) is 19.3. The third-order valence-corrected chi connectivity index (χ3v) is 6.81. The number of aliphatic hydroxyl groups excluding tert-OH is 1. The van der Waals surface area contributed by atoms with Gasteiger partial charge in [0.15, 0.2) is 11.5 Å². The maximum Gasteiger partial charge on any atom is 0.338 e. The minimum absolute atomic E-state index is 0.0622. The second kappa shape index (κ2) is 7.04. The number of nitrogens with zero attached hydrogens (tertiary/aromatic N) is 2. The van der Waals surface area contributed by atoms with Crippen molar-refractivity contribution in [3.8, 4) is 11.5 Å². The molecule has 6 rings (SSSR count). The lowest BCUT2D eigenvalue weighted by molar-refractivity contribution is -0.384. The summed E-state index contributed by atoms with van der Waals surface area (Å²) in [5.74, 6) is 0.489. The van der Waals surface area contributed by atoms with Gasteiger partial charge in [-0.1, -0.05) is 5.57 Å². The van der Waals surface area contributed by atoms with Crippen LogP contribution in [0.1, 0.15) is 33.8 Å². The number of esters is 1. The van der Waals surface area contributed by atoms with E-state index in [1.165, 1.54) is 24.3 Å². The summed E-state index contributed by atoms with van der Waals surface area (Å²) in [7, 11) is 0. The lowest BCUT2D eigenvalue weighted by Gasteiger charge is -2.45. The van der Waals surface area contributed by atoms with Crippen LogP contribution in [-0.2, 0) is 11.3 Å². The molecular weight excluding hydrogens is 416 g/mol. The van der Waals surface area contributed by atoms with Gasteiger partial charge in [-0.15, -0.1) is 0 Å². The van der Waals surface area contributed by atoms with Crippen molar-refractivity contribution in [1.29, 1.82) is 0 Å². The molecule has 3 heterocycles. The van der Waals surface area contributed by atoms with Gasteiger partial charge >= 0.3 is 5.97 Å². The monoisotopic (exact) mass is 436 g/mol. The third-order valence-electron chi connectivity index (χ3n) is 6.81. The van der Waals surface area contributed by atoms with E-state index >= 15 is 0 Å². The number of carbonyl (C=O) groups is 1. The summed E-state index contributed by atoms with van der Waals surface area (Å²) in [5.41, 5.74) is 3.33. The molecule has 3 aliphatic heterocycles. The summed E-state index contributed by atoms with van der Waals surface area (Å²) < 4.78 is 16.8. The Kier molecular flexibility index (Phi) is 4.24. The summed E-state index contributed by atoms with van der Waals surface area (Å²) >= 11 is 0. The van der Waals surface area contributed by atoms with E-state index in [1.54, 1.807) is 0 Å². The largest absolute Gasteiger partial charge is 0.454 e. The van der Waals surface area contributed by atoms with E-state index in [2.05, 4.69) is 4.90 Å². The number of hydrogen-bond donors (Lipinski definition) is 1. The molecule has 1 saturated heterocycles. The summed E-state index contributed by atoms with van der Waals surface area (Å²) in [5, 5.41) is 22.2. The average molecular weight is 436 g/mol. The number of rotatable bonds is 3. The van der Waals surface area contributed by atoms with Gasteiger partial charge in [0.25, 0.3) is 5.69 Å². The minimum atomic E-state index is -0.939. The molecule has 2 aromatic carbocycles. The van der Waals surface area contributed by atoms with Crippen molar-refractivity contribution in [3.05, 3.63) is 74.9 Å². The highest BCUT2D eigenvalue weighted by atomic mass is 16.7. The van der Waals surface area contributed by atoms with Gasteiger partial charge in [-0.3, -0.25) is 15.0 Å². The summed E-state index contributed by atoms with van der Waals surface area (Å²) in [6, 6.07) is 9.23. The zero-order valence-corrected chi connectivity index (χ0v) is 17.0. The van der Waals surface area contributed by atoms with Crippen molar-refractivity contribution in [2.75, 3.05) is 13.3 Å². The van der Waals surface area contributed by atoms with Crippen LogP contribution in [0.4, 0.5) is 5.69 Å². The molecule has 1 N–H and O–H groups in total. The second-order valence-electron chi connectivity index (χ2n) is 8.50. The Morgan fingerprint density at radius 2 is 1.94 bits per heavy atom. The van der Waals surface area contributed by atoms with Gasteiger partial charge in [0.2, 0.25) is 6.79 Å². The quantitative estimate of drug-likeness (QED) is 0.338. The van der Waals surface area contributed by atoms with Crippen molar-refractivity contribution >= 4 is 11.7 Å². The maximum atomic E-state index is 12.7. The molecule has 2 aromatic rings. The molecule has 0 radical (unpaired) electrons. The standard InChI is InChI=1S/C23H20N2O7/c26-22-19(32-23(27)12-1-3-15(4-2-12)25(28)29)7-13-5-6-24-10-14-8-17-18(31-11-30-17)9-16(14)20(22)21(13)24/h1-4,7-9,19-22,26H,5-6,10-11H2/t19-,20?,21?,22+/m0/s1. The lowest BCUT2D eigenvalue weighted by Crippen LogP contribution is -2.50. The van der Waals surface area contributed by atoms with Crippen LogP contribution >= 0.6 is 0 Å². The minimum Gasteiger partial charge on any atom is -0.454 e. The van der Waals surface area contributed by atoms with Gasteiger partial charge in [0.05, 0.1) is 10.5 Å². The Balaban J connectivity index is 1.32. The number of ether oxygens (including phenoxy) is 3. The van der Waals surface area contributed by atoms with E-state index in [1.807, 2.05) is 18.2 Å². The Morgan fingerprint density at radius 3 is 2.69 bits per heavy atom. The Bertz CT molecular complexity index is 1160. The zero-order valence-electron chi connectivity index (χ0n) is 17.0. The predicted molar refractivity (Wildman–Crippen MR) is 111 cm³/mol. The van der Waals surface area contributed by atoms with Crippen LogP contribution in [0.2, 0.25) is 0 Å². The molecule has 0 aromatic heterocycles. The highest BCUT2D eigenvalue weighted by Gasteiger charge is 2.50. The molecule has 4 atom stereocenters. The smallest absolute Gasteiger partial charge is 0.338 e. The van der Waals surface area contributed by atoms with E-state index < -0.39 is 23.1 Å². The third kappa shape index (κ3) is 2.89. The Morgan fingerprint density at radius 1 is 1.19 bits per heavy atom. The number of benzene rings is 2. The molecule has 1 fully saturated rings. The van der Waals surface area contributed by atoms with Crippen LogP contribution < -0.4 is 9.47 Å². The van der Waals surface area contributed by atoms with Gasteiger partial charge in [-0.05, 0) is 47.9 Å². The van der Waals surface area contributed by atoms with E-state index in [-0.39, 0.29) is 30.0 Å². The molecular formula is C23H20N2O7. The molecule has 4 aliphatic rings. The zero-order chi connectivity index (χ0) is 22.0. The Hall–Kier alpha value is -3.43. The van der Waals surface area contributed by atoms with Crippen LogP contribution in [0.15, 0.2) is 48.0 Å². The maximum absolute atomic E-state index is 12.7. The number of nitro groups is 1. The molecule has 9 nitrogen and oxygen atoms in total. The molecule has 32 heavy (non-hydrogen) atoms. The number of fused-ring (bicyclic) bond motifs is 3. The van der Waals surface area contributed by atoms with Gasteiger partial charge in [0, 0.05) is 37.2 Å². The number of hydrogen-bond acceptors (Lipinski definition) is 8. The number of aliphatic hydroxyl groups is 1. The fourth-order valence-corrected chi connectivity index (χ4v) is 5.35. The highest BCUT2D eigenvalue weighted by molar-refractivity contribution is 5.90. The molecule has 0 saturated carbocycles. The van der Waals surface area contributed by atoms with Gasteiger partial charge < -0.3 is 19.3 Å². The summed E-state index contributed by atoms with van der Waals surface area (Å²) in [6.45, 7) is 1.82. The molecule has 0 amide bonds. The summed E-state index contributed by atoms with van der Waals surface area (Å²) in [6.07, 6.45) is 0.962. The van der Waals surface area contributed by atoms with Crippen LogP contribution in [0, 0.1) is 10.1 Å². The second-order valence-corrected chi connectivity index (χ2v) is 8.50. The molecule has 2 unspecified atom stereocenters. The fraction of sp³-hybridized carbons (Fsp3) is 0.348. The van der Waals surface area contributed by atoms with Gasteiger partial charge in [-0.25, -0.2) is 4.79 Å². The van der Waals surface area contributed by atoms with Crippen LogP contribution in [0.3, 0.4) is 0 Å². The lowest BCUT2D eigenvalue weighted by atomic mass is 9.73. The topological polar surface area (TPSA) is 111 Å². The molecule has 164 valence electrons. The summed E-state index contributed by atoms with van der Waals surface area (Å²) in [4.78, 5) is 25.4. The van der Waals surface area contributed by atoms with Gasteiger partial charge in [0.1, 0.15) is 12.2 Å². The van der Waals surface area contributed by atoms with Crippen molar-refractivity contribution in [3.63, 3.8) is 0 Å². The first-order valence-electron chi connectivity index (χ1n) is 10.5. The molecule has 0 bridgehead atoms. The van der Waals surface area contributed by atoms with Crippen molar-refractivity contribution < 1.29 is 29.0 Å². The first-order chi connectivity index (χ1) is 15.5. The van der Waals surface area contributed by atoms with Crippen LogP contribution in [0.25, 0.3) is 0 Å². The van der Waals surface area contributed by atoms with Crippen molar-refractivity contribution in [2.24, 2.45) is 0 Å². The van der Waals surface area contributed by atoms with Crippen LogP contribution in [0.5, 0.6) is 11.5 Å². The number of non-ortho nitro benzene ring substituents is 1. The van der Waals surface area contributed by atoms with E-state index in [0.29, 0.717) is 11.5 Å². The average Bonchev–Trinajstić information content (AvgIpc) is 3.41. The van der Waals surface area contributed by atoms with Gasteiger partial charge in [-0.2, -0.15) is 0 Å². The highest BCUT2D eigenvalue weighted by Crippen LogP contribution is 2.50. The molecule has 1 aliphatic carbocycles. The van der Waals surface area contributed by atoms with E-state index in [4.69, 9.17) is 14.2 Å². The fourth-order valence-electron chi connectivity index (χ4n) is 5.35. The molecule has 0 spiro atoms. The van der Waals surface area contributed by atoms with E-state index in [9.17, 15) is 20.0 Å². The SMILES string of the molecule is O=C(O[C@H]1C=C2CCN3Cc4cc5c(cc4C(C23)[C@@H]1O)OCO5)c1ccc([N+](=O)[O-])cc1. The number of nitro benzene ring substituents is 1. The normalized spacial score (nSPS) is 27.3. The van der Waals surface area contributed by atoms with Crippen molar-refractivity contribution in [1.82, 2.24) is 4.90 Å². The van der Waals surface area contributed by atoms with Crippen molar-refractivity contribution in [2.45, 2.75) is 37.1 Å². The number of carbonyl (C=O) groups excluding carboxylic acids is 1. The molecule has 9 heteroatoms. The van der Waals surface area contributed by atoms with Crippen LogP contribution in [-0.4, -0.2) is 52.5 Å². The van der Waals surface area contributed by atoms with E-state index in [0.717, 1.165) is 36.2 Å². The first-order valence-corrected chi connectivity index (χ1v) is 10.5. The Labute approximate surface area is 182 Å².